The summed E-state index contributed by atoms with van der Waals surface area (Å²) in [5.41, 5.74) is 1.75. The van der Waals surface area contributed by atoms with Gasteiger partial charge in [0.25, 0.3) is 5.69 Å². The zero-order valence-electron chi connectivity index (χ0n) is 7.29. The number of hydrogen-bond acceptors (Lipinski definition) is 2. The molecule has 1 aromatic rings. The Bertz CT molecular complexity index is 325. The van der Waals surface area contributed by atoms with Crippen LogP contribution in [-0.2, 0) is 12.3 Å². The Kier molecular flexibility index (Phi) is 3.25. The molecule has 13 heavy (non-hydrogen) atoms. The summed E-state index contributed by atoms with van der Waals surface area (Å²) in [5, 5.41) is 10.6. The van der Waals surface area contributed by atoms with Crippen LogP contribution in [0.15, 0.2) is 18.2 Å². The standard InChI is InChI=1S/C9H10ClNO2/c1-2-8-7(6-10)4-3-5-9(8)11(12)13/h3-5H,2,6H2,1H3. The third kappa shape index (κ3) is 1.98. The fraction of sp³-hybridized carbons (Fsp3) is 0.333. The highest BCUT2D eigenvalue weighted by atomic mass is 35.5. The van der Waals surface area contributed by atoms with E-state index in [0.717, 1.165) is 11.1 Å². The number of nitrogens with zero attached hydrogens (tertiary/aromatic N) is 1. The molecule has 0 spiro atoms. The molecule has 4 heteroatoms. The molecule has 0 aromatic heterocycles. The fourth-order valence-electron chi connectivity index (χ4n) is 1.33. The maximum atomic E-state index is 10.6. The number of rotatable bonds is 3. The first-order valence-electron chi connectivity index (χ1n) is 4.01. The van der Waals surface area contributed by atoms with E-state index in [9.17, 15) is 10.1 Å². The highest BCUT2D eigenvalue weighted by Gasteiger charge is 2.14. The zero-order valence-corrected chi connectivity index (χ0v) is 8.04. The number of alkyl halides is 1. The van der Waals surface area contributed by atoms with E-state index in [1.165, 1.54) is 6.07 Å². The van der Waals surface area contributed by atoms with E-state index in [4.69, 9.17) is 11.6 Å². The van der Waals surface area contributed by atoms with Gasteiger partial charge in [-0.1, -0.05) is 19.1 Å². The normalized spacial score (nSPS) is 10.0. The van der Waals surface area contributed by atoms with Crippen molar-refractivity contribution in [2.75, 3.05) is 0 Å². The SMILES string of the molecule is CCc1c(CCl)cccc1[N+](=O)[O-]. The molecule has 3 nitrogen and oxygen atoms in total. The van der Waals surface area contributed by atoms with Crippen molar-refractivity contribution in [2.24, 2.45) is 0 Å². The van der Waals surface area contributed by atoms with Crippen molar-refractivity contribution in [1.29, 1.82) is 0 Å². The summed E-state index contributed by atoms with van der Waals surface area (Å²) >= 11 is 5.66. The minimum Gasteiger partial charge on any atom is -0.258 e. The van der Waals surface area contributed by atoms with Crippen molar-refractivity contribution in [1.82, 2.24) is 0 Å². The van der Waals surface area contributed by atoms with Crippen LogP contribution in [-0.4, -0.2) is 4.92 Å². The van der Waals surface area contributed by atoms with Gasteiger partial charge in [0.05, 0.1) is 4.92 Å². The maximum Gasteiger partial charge on any atom is 0.272 e. The quantitative estimate of drug-likeness (QED) is 0.427. The molecule has 0 heterocycles. The fourth-order valence-corrected chi connectivity index (χ4v) is 1.58. The molecule has 70 valence electrons. The van der Waals surface area contributed by atoms with Gasteiger partial charge in [0, 0.05) is 17.5 Å². The summed E-state index contributed by atoms with van der Waals surface area (Å²) in [7, 11) is 0. The molecular formula is C9H10ClNO2. The minimum absolute atomic E-state index is 0.167. The van der Waals surface area contributed by atoms with Crippen LogP contribution in [0, 0.1) is 10.1 Å². The van der Waals surface area contributed by atoms with Crippen molar-refractivity contribution in [2.45, 2.75) is 19.2 Å². The molecule has 0 saturated heterocycles. The first kappa shape index (κ1) is 9.99. The zero-order chi connectivity index (χ0) is 9.84. The van der Waals surface area contributed by atoms with E-state index >= 15 is 0 Å². The molecule has 0 saturated carbocycles. The number of nitro benzene ring substituents is 1. The van der Waals surface area contributed by atoms with Crippen LogP contribution in [0.1, 0.15) is 18.1 Å². The smallest absolute Gasteiger partial charge is 0.258 e. The summed E-state index contributed by atoms with van der Waals surface area (Å²) in [5.74, 6) is 0.324. The van der Waals surface area contributed by atoms with Gasteiger partial charge in [0.15, 0.2) is 0 Å². The van der Waals surface area contributed by atoms with Crippen LogP contribution in [0.25, 0.3) is 0 Å². The number of hydrogen-bond donors (Lipinski definition) is 0. The van der Waals surface area contributed by atoms with Crippen LogP contribution in [0.5, 0.6) is 0 Å². The molecule has 0 atom stereocenters. The molecule has 0 aliphatic carbocycles. The number of halogens is 1. The second-order valence-electron chi connectivity index (χ2n) is 2.66. The minimum atomic E-state index is -0.366. The van der Waals surface area contributed by atoms with Gasteiger partial charge in [-0.2, -0.15) is 0 Å². The highest BCUT2D eigenvalue weighted by Crippen LogP contribution is 2.23. The van der Waals surface area contributed by atoms with Crippen molar-refractivity contribution in [3.8, 4) is 0 Å². The van der Waals surface area contributed by atoms with Gasteiger partial charge in [-0.05, 0) is 12.0 Å². The second-order valence-corrected chi connectivity index (χ2v) is 2.93. The Hall–Kier alpha value is -1.09. The molecule has 0 fully saturated rings. The lowest BCUT2D eigenvalue weighted by atomic mass is 10.0. The van der Waals surface area contributed by atoms with E-state index in [-0.39, 0.29) is 10.6 Å². The molecule has 0 aliphatic heterocycles. The van der Waals surface area contributed by atoms with Gasteiger partial charge >= 0.3 is 0 Å². The van der Waals surface area contributed by atoms with E-state index in [0.29, 0.717) is 12.3 Å². The van der Waals surface area contributed by atoms with Crippen LogP contribution in [0.2, 0.25) is 0 Å². The molecule has 1 rings (SSSR count). The van der Waals surface area contributed by atoms with Gasteiger partial charge in [0.1, 0.15) is 0 Å². The first-order valence-corrected chi connectivity index (χ1v) is 4.55. The predicted octanol–water partition coefficient (Wildman–Crippen LogP) is 2.90. The molecule has 0 unspecified atom stereocenters. The van der Waals surface area contributed by atoms with Crippen LogP contribution < -0.4 is 0 Å². The summed E-state index contributed by atoms with van der Waals surface area (Å²) in [4.78, 5) is 10.2. The molecule has 0 N–H and O–H groups in total. The van der Waals surface area contributed by atoms with E-state index in [1.807, 2.05) is 13.0 Å². The number of benzene rings is 1. The Labute approximate surface area is 81.5 Å². The van der Waals surface area contributed by atoms with E-state index < -0.39 is 0 Å². The lowest BCUT2D eigenvalue weighted by Gasteiger charge is -2.04. The largest absolute Gasteiger partial charge is 0.272 e. The van der Waals surface area contributed by atoms with Gasteiger partial charge in [-0.3, -0.25) is 10.1 Å². The molecule has 1 aromatic carbocycles. The van der Waals surface area contributed by atoms with Crippen molar-refractivity contribution < 1.29 is 4.92 Å². The van der Waals surface area contributed by atoms with Crippen LogP contribution in [0.3, 0.4) is 0 Å². The third-order valence-electron chi connectivity index (χ3n) is 1.94. The van der Waals surface area contributed by atoms with Crippen molar-refractivity contribution in [3.63, 3.8) is 0 Å². The number of nitro groups is 1. The Balaban J connectivity index is 3.27. The Morgan fingerprint density at radius 1 is 1.54 bits per heavy atom. The van der Waals surface area contributed by atoms with Crippen LogP contribution >= 0.6 is 11.6 Å². The third-order valence-corrected chi connectivity index (χ3v) is 2.23. The first-order chi connectivity index (χ1) is 6.20. The predicted molar refractivity (Wildman–Crippen MR) is 52.0 cm³/mol. The molecule has 0 bridgehead atoms. The average Bonchev–Trinajstić information content (AvgIpc) is 2.16. The molecule has 0 radical (unpaired) electrons. The monoisotopic (exact) mass is 199 g/mol. The van der Waals surface area contributed by atoms with Gasteiger partial charge < -0.3 is 0 Å². The second kappa shape index (κ2) is 4.23. The Morgan fingerprint density at radius 2 is 2.23 bits per heavy atom. The van der Waals surface area contributed by atoms with E-state index in [1.54, 1.807) is 6.07 Å². The highest BCUT2D eigenvalue weighted by molar-refractivity contribution is 6.17. The summed E-state index contributed by atoms with van der Waals surface area (Å²) < 4.78 is 0. The molecule has 0 amide bonds. The molecule has 0 aliphatic rings. The lowest BCUT2D eigenvalue weighted by Crippen LogP contribution is -1.97. The lowest BCUT2D eigenvalue weighted by molar-refractivity contribution is -0.385. The average molecular weight is 200 g/mol. The van der Waals surface area contributed by atoms with Gasteiger partial charge in [-0.25, -0.2) is 0 Å². The van der Waals surface area contributed by atoms with Crippen molar-refractivity contribution >= 4 is 17.3 Å². The summed E-state index contributed by atoms with van der Waals surface area (Å²) in [6.45, 7) is 1.89. The Morgan fingerprint density at radius 3 is 2.69 bits per heavy atom. The topological polar surface area (TPSA) is 43.1 Å². The summed E-state index contributed by atoms with van der Waals surface area (Å²) in [6, 6.07) is 4.99. The molecular weight excluding hydrogens is 190 g/mol. The van der Waals surface area contributed by atoms with Gasteiger partial charge in [0.2, 0.25) is 0 Å². The van der Waals surface area contributed by atoms with E-state index in [2.05, 4.69) is 0 Å². The maximum absolute atomic E-state index is 10.6. The summed E-state index contributed by atoms with van der Waals surface area (Å²) in [6.07, 6.45) is 0.638. The van der Waals surface area contributed by atoms with Gasteiger partial charge in [-0.15, -0.1) is 11.6 Å². The van der Waals surface area contributed by atoms with Crippen molar-refractivity contribution in [3.05, 3.63) is 39.4 Å². The van der Waals surface area contributed by atoms with Crippen LogP contribution in [0.4, 0.5) is 5.69 Å².